The van der Waals surface area contributed by atoms with E-state index in [1.807, 2.05) is 32.0 Å². The zero-order valence-electron chi connectivity index (χ0n) is 19.1. The highest BCUT2D eigenvalue weighted by molar-refractivity contribution is 7.89. The molecule has 2 heterocycles. The van der Waals surface area contributed by atoms with Crippen molar-refractivity contribution in [3.63, 3.8) is 0 Å². The predicted octanol–water partition coefficient (Wildman–Crippen LogP) is 3.22. The molecule has 10 heteroatoms. The number of oxazole rings is 1. The van der Waals surface area contributed by atoms with E-state index < -0.39 is 10.0 Å². The van der Waals surface area contributed by atoms with E-state index in [1.54, 1.807) is 24.3 Å². The topological polar surface area (TPSA) is 102 Å². The van der Waals surface area contributed by atoms with Gasteiger partial charge in [0.2, 0.25) is 10.0 Å². The second-order valence-electron chi connectivity index (χ2n) is 8.06. The highest BCUT2D eigenvalue weighted by atomic mass is 32.2. The Kier molecular flexibility index (Phi) is 7.18. The van der Waals surface area contributed by atoms with Gasteiger partial charge in [0.25, 0.3) is 0 Å². The van der Waals surface area contributed by atoms with E-state index in [0.717, 1.165) is 5.69 Å². The van der Waals surface area contributed by atoms with Crippen LogP contribution in [0.4, 0.5) is 5.69 Å². The van der Waals surface area contributed by atoms with Gasteiger partial charge < -0.3 is 18.8 Å². The van der Waals surface area contributed by atoms with E-state index in [4.69, 9.17) is 13.9 Å². The first-order chi connectivity index (χ1) is 16.4. The number of hydrogen-bond acceptors (Lipinski definition) is 8. The van der Waals surface area contributed by atoms with E-state index in [2.05, 4.69) is 9.88 Å². The number of hydrogen-bond donors (Lipinski definition) is 0. The van der Waals surface area contributed by atoms with Crippen molar-refractivity contribution in [3.05, 3.63) is 55.1 Å². The number of benzene rings is 2. The minimum Gasteiger partial charge on any atom is -0.491 e. The number of carbonyl (C=O) groups excluding carboxylic acids is 1. The number of carbonyl (C=O) groups is 1. The number of rotatable bonds is 9. The number of aldehydes is 1. The molecule has 0 bridgehead atoms. The first-order valence-electron chi connectivity index (χ1n) is 11.0. The number of anilines is 1. The zero-order valence-corrected chi connectivity index (χ0v) is 19.9. The fraction of sp³-hybridized carbons (Fsp3) is 0.333. The van der Waals surface area contributed by atoms with Crippen molar-refractivity contribution < 1.29 is 27.1 Å². The summed E-state index contributed by atoms with van der Waals surface area (Å²) >= 11 is 0. The van der Waals surface area contributed by atoms with Crippen LogP contribution in [0.5, 0.6) is 11.5 Å². The molecule has 0 atom stereocenters. The van der Waals surface area contributed by atoms with Crippen LogP contribution < -0.4 is 14.4 Å². The summed E-state index contributed by atoms with van der Waals surface area (Å²) in [5.41, 5.74) is 2.19. The molecule has 2 aromatic carbocycles. The Morgan fingerprint density at radius 1 is 1.09 bits per heavy atom. The summed E-state index contributed by atoms with van der Waals surface area (Å²) in [6.45, 7) is 5.49. The van der Waals surface area contributed by atoms with E-state index in [0.29, 0.717) is 55.2 Å². The lowest BCUT2D eigenvalue weighted by Gasteiger charge is -2.35. The van der Waals surface area contributed by atoms with E-state index >= 15 is 0 Å². The number of ether oxygens (including phenoxy) is 2. The van der Waals surface area contributed by atoms with Gasteiger partial charge in [-0.2, -0.15) is 4.31 Å². The molecule has 4 rings (SSSR count). The van der Waals surface area contributed by atoms with Gasteiger partial charge in [-0.25, -0.2) is 13.4 Å². The Balaban J connectivity index is 1.46. The Labute approximate surface area is 199 Å². The summed E-state index contributed by atoms with van der Waals surface area (Å²) in [4.78, 5) is 17.3. The monoisotopic (exact) mass is 485 g/mol. The molecular weight excluding hydrogens is 458 g/mol. The molecule has 3 aromatic rings. The lowest BCUT2D eigenvalue weighted by atomic mass is 10.1. The predicted molar refractivity (Wildman–Crippen MR) is 127 cm³/mol. The minimum absolute atomic E-state index is 0.0184. The molecule has 0 aliphatic carbocycles. The summed E-state index contributed by atoms with van der Waals surface area (Å²) < 4.78 is 44.0. The molecule has 180 valence electrons. The first kappa shape index (κ1) is 23.8. The molecule has 0 radical (unpaired) electrons. The average Bonchev–Trinajstić information content (AvgIpc) is 3.37. The van der Waals surface area contributed by atoms with Crippen molar-refractivity contribution in [2.24, 2.45) is 0 Å². The number of sulfonamides is 1. The van der Waals surface area contributed by atoms with Gasteiger partial charge in [0, 0.05) is 43.5 Å². The van der Waals surface area contributed by atoms with Gasteiger partial charge >= 0.3 is 0 Å². The Hall–Kier alpha value is -3.37. The third-order valence-corrected chi connectivity index (χ3v) is 7.33. The van der Waals surface area contributed by atoms with Gasteiger partial charge in [-0.1, -0.05) is 0 Å². The molecule has 1 fully saturated rings. The SMILES string of the molecule is CC(C)Oc1ccc(S(=O)(=O)N2CCN(c3ccc(-c4cocn4)c(OCC=O)c3)CC2)cc1. The molecule has 34 heavy (non-hydrogen) atoms. The molecule has 0 N–H and O–H groups in total. The summed E-state index contributed by atoms with van der Waals surface area (Å²) in [5.74, 6) is 1.15. The smallest absolute Gasteiger partial charge is 0.243 e. The fourth-order valence-corrected chi connectivity index (χ4v) is 5.23. The van der Waals surface area contributed by atoms with Crippen molar-refractivity contribution in [1.82, 2.24) is 9.29 Å². The normalized spacial score (nSPS) is 14.9. The minimum atomic E-state index is -3.60. The largest absolute Gasteiger partial charge is 0.491 e. The maximum atomic E-state index is 13.1. The molecule has 0 saturated carbocycles. The van der Waals surface area contributed by atoms with Crippen molar-refractivity contribution in [2.45, 2.75) is 24.8 Å². The zero-order chi connectivity index (χ0) is 24.1. The molecule has 1 aromatic heterocycles. The van der Waals surface area contributed by atoms with Crippen LogP contribution in [0.3, 0.4) is 0 Å². The van der Waals surface area contributed by atoms with Gasteiger partial charge in [0.1, 0.15) is 30.1 Å². The number of nitrogens with zero attached hydrogens (tertiary/aromatic N) is 3. The molecule has 9 nitrogen and oxygen atoms in total. The second kappa shape index (κ2) is 10.3. The first-order valence-corrected chi connectivity index (χ1v) is 12.4. The standard InChI is InChI=1S/C24H27N3O6S/c1-18(2)33-20-4-6-21(7-5-20)34(29,30)27-11-9-26(10-12-27)19-3-8-22(23-16-31-17-25-23)24(15-19)32-14-13-28/h3-8,13,15-18H,9-12,14H2,1-2H3. The van der Waals surface area contributed by atoms with Crippen LogP contribution in [0.1, 0.15) is 13.8 Å². The van der Waals surface area contributed by atoms with Crippen molar-refractivity contribution in [3.8, 4) is 22.8 Å². The molecule has 1 saturated heterocycles. The van der Waals surface area contributed by atoms with Gasteiger partial charge in [0.15, 0.2) is 12.7 Å². The van der Waals surface area contributed by atoms with Gasteiger partial charge in [0.05, 0.1) is 11.0 Å². The van der Waals surface area contributed by atoms with E-state index in [-0.39, 0.29) is 17.6 Å². The molecule has 1 aliphatic rings. The van der Waals surface area contributed by atoms with E-state index in [9.17, 15) is 13.2 Å². The summed E-state index contributed by atoms with van der Waals surface area (Å²) in [6, 6.07) is 12.1. The lowest BCUT2D eigenvalue weighted by Crippen LogP contribution is -2.48. The van der Waals surface area contributed by atoms with Crippen LogP contribution in [0, 0.1) is 0 Å². The maximum Gasteiger partial charge on any atom is 0.243 e. The summed E-state index contributed by atoms with van der Waals surface area (Å²) in [7, 11) is -3.60. The van der Waals surface area contributed by atoms with Crippen molar-refractivity contribution in [1.29, 1.82) is 0 Å². The molecule has 0 unspecified atom stereocenters. The Morgan fingerprint density at radius 2 is 1.82 bits per heavy atom. The third-order valence-electron chi connectivity index (χ3n) is 5.42. The third kappa shape index (κ3) is 5.23. The van der Waals surface area contributed by atoms with Crippen LogP contribution in [-0.2, 0) is 14.8 Å². The maximum absolute atomic E-state index is 13.1. The average molecular weight is 486 g/mol. The van der Waals surface area contributed by atoms with Gasteiger partial charge in [-0.15, -0.1) is 0 Å². The van der Waals surface area contributed by atoms with Gasteiger partial charge in [-0.3, -0.25) is 4.79 Å². The van der Waals surface area contributed by atoms with Crippen molar-refractivity contribution in [2.75, 3.05) is 37.7 Å². The van der Waals surface area contributed by atoms with Crippen LogP contribution >= 0.6 is 0 Å². The summed E-state index contributed by atoms with van der Waals surface area (Å²) in [5, 5.41) is 0. The van der Waals surface area contributed by atoms with Crippen LogP contribution in [0.15, 0.2) is 64.4 Å². The summed E-state index contributed by atoms with van der Waals surface area (Å²) in [6.07, 6.45) is 3.54. The molecule has 1 aliphatic heterocycles. The highest BCUT2D eigenvalue weighted by Crippen LogP contribution is 2.33. The number of aromatic nitrogens is 1. The number of piperazine rings is 1. The molecular formula is C24H27N3O6S. The second-order valence-corrected chi connectivity index (χ2v) is 10.00. The van der Waals surface area contributed by atoms with Gasteiger partial charge in [-0.05, 0) is 50.2 Å². The lowest BCUT2D eigenvalue weighted by molar-refractivity contribution is -0.109. The van der Waals surface area contributed by atoms with Crippen molar-refractivity contribution >= 4 is 22.0 Å². The van der Waals surface area contributed by atoms with Crippen LogP contribution in [0.25, 0.3) is 11.3 Å². The fourth-order valence-electron chi connectivity index (χ4n) is 3.81. The van der Waals surface area contributed by atoms with Crippen LogP contribution in [0.2, 0.25) is 0 Å². The van der Waals surface area contributed by atoms with Crippen LogP contribution in [-0.4, -0.2) is 62.9 Å². The quantitative estimate of drug-likeness (QED) is 0.426. The highest BCUT2D eigenvalue weighted by Gasteiger charge is 2.29. The Morgan fingerprint density at radius 3 is 2.44 bits per heavy atom. The molecule has 0 amide bonds. The van der Waals surface area contributed by atoms with E-state index in [1.165, 1.54) is 17.0 Å². The molecule has 0 spiro atoms. The Bertz CT molecular complexity index is 1200.